The third-order valence-electron chi connectivity index (χ3n) is 6.39. The number of rotatable bonds is 7. The zero-order chi connectivity index (χ0) is 25.8. The number of nitriles is 2. The van der Waals surface area contributed by atoms with Crippen molar-refractivity contribution in [3.05, 3.63) is 68.4 Å². The highest BCUT2D eigenvalue weighted by molar-refractivity contribution is 7.10. The minimum Gasteiger partial charge on any atom is -0.459 e. The third kappa shape index (κ3) is 5.55. The van der Waals surface area contributed by atoms with E-state index in [-0.39, 0.29) is 24.2 Å². The topological polar surface area (TPSA) is 141 Å². The van der Waals surface area contributed by atoms with Crippen molar-refractivity contribution in [2.75, 3.05) is 19.7 Å². The molecule has 0 radical (unpaired) electrons. The molecular formula is C25H22ClN7O3S. The van der Waals surface area contributed by atoms with Crippen molar-refractivity contribution in [1.29, 1.82) is 10.5 Å². The number of likely N-dealkylation sites (tertiary alicyclic amines) is 1. The van der Waals surface area contributed by atoms with Gasteiger partial charge in [-0.05, 0) is 31.0 Å². The quantitative estimate of drug-likeness (QED) is 0.478. The van der Waals surface area contributed by atoms with Gasteiger partial charge in [0.15, 0.2) is 6.10 Å². The number of piperidine rings is 1. The van der Waals surface area contributed by atoms with Crippen LogP contribution in [0.4, 0.5) is 0 Å². The number of ether oxygens (including phenoxy) is 1. The monoisotopic (exact) mass is 535 g/mol. The van der Waals surface area contributed by atoms with Gasteiger partial charge in [0, 0.05) is 47.6 Å². The fourth-order valence-electron chi connectivity index (χ4n) is 4.42. The van der Waals surface area contributed by atoms with E-state index in [4.69, 9.17) is 31.4 Å². The minimum absolute atomic E-state index is 0.0148. The van der Waals surface area contributed by atoms with Gasteiger partial charge < -0.3 is 14.7 Å². The van der Waals surface area contributed by atoms with Gasteiger partial charge in [0.1, 0.15) is 30.3 Å². The Kier molecular flexibility index (Phi) is 7.58. The first kappa shape index (κ1) is 25.1. The van der Waals surface area contributed by atoms with Gasteiger partial charge in [0.2, 0.25) is 0 Å². The highest BCUT2D eigenvalue weighted by atomic mass is 35.5. The summed E-state index contributed by atoms with van der Waals surface area (Å²) in [6.07, 6.45) is 2.43. The summed E-state index contributed by atoms with van der Waals surface area (Å²) in [7, 11) is 0. The van der Waals surface area contributed by atoms with E-state index in [9.17, 15) is 10.4 Å². The fraction of sp³-hybridized carbons (Fsp3) is 0.360. The number of aliphatic hydroxyl groups is 1. The second-order valence-corrected chi connectivity index (χ2v) is 9.96. The van der Waals surface area contributed by atoms with Gasteiger partial charge in [-0.1, -0.05) is 22.8 Å². The number of halogens is 1. The molecule has 0 amide bonds. The van der Waals surface area contributed by atoms with Gasteiger partial charge in [-0.2, -0.15) is 15.5 Å². The first-order chi connectivity index (χ1) is 18.1. The Balaban J connectivity index is 1.14. The molecule has 2 aliphatic rings. The van der Waals surface area contributed by atoms with Crippen molar-refractivity contribution in [3.63, 3.8) is 0 Å². The average Bonchev–Trinajstić information content (AvgIpc) is 3.62. The second kappa shape index (κ2) is 11.2. The van der Waals surface area contributed by atoms with Crippen LogP contribution >= 0.6 is 22.9 Å². The van der Waals surface area contributed by atoms with E-state index in [0.29, 0.717) is 35.7 Å². The minimum atomic E-state index is -0.799. The molecule has 2 aromatic heterocycles. The Bertz CT molecular complexity index is 1390. The zero-order valence-electron chi connectivity index (χ0n) is 19.6. The maximum atomic E-state index is 10.6. The Morgan fingerprint density at radius 1 is 1.22 bits per heavy atom. The number of benzene rings is 1. The molecule has 2 unspecified atom stereocenters. The summed E-state index contributed by atoms with van der Waals surface area (Å²) >= 11 is 7.94. The summed E-state index contributed by atoms with van der Waals surface area (Å²) in [6.45, 7) is 1.40. The summed E-state index contributed by atoms with van der Waals surface area (Å²) in [5.74, 6) is 0.284. The van der Waals surface area contributed by atoms with E-state index in [1.807, 2.05) is 16.3 Å². The molecule has 1 N–H and O–H groups in total. The fourth-order valence-corrected chi connectivity index (χ4v) is 5.72. The largest absolute Gasteiger partial charge is 0.459 e. The Labute approximate surface area is 222 Å². The molecule has 188 valence electrons. The summed E-state index contributed by atoms with van der Waals surface area (Å²) in [4.78, 5) is 20.3. The van der Waals surface area contributed by atoms with Crippen LogP contribution in [0, 0.1) is 22.7 Å². The van der Waals surface area contributed by atoms with Gasteiger partial charge in [0.25, 0.3) is 0 Å². The Hall–Kier alpha value is -3.61. The third-order valence-corrected chi connectivity index (χ3v) is 7.73. The molecule has 2 atom stereocenters. The molecule has 0 spiro atoms. The highest BCUT2D eigenvalue weighted by Crippen LogP contribution is 2.37. The number of oxime groups is 1. The molecule has 1 aromatic carbocycles. The summed E-state index contributed by atoms with van der Waals surface area (Å²) < 4.78 is 5.47. The van der Waals surface area contributed by atoms with Gasteiger partial charge >= 0.3 is 6.01 Å². The molecule has 12 heteroatoms. The van der Waals surface area contributed by atoms with Crippen LogP contribution in [0.25, 0.3) is 0 Å². The predicted molar refractivity (Wildman–Crippen MR) is 135 cm³/mol. The smallest absolute Gasteiger partial charge is 0.317 e. The molecule has 1 saturated heterocycles. The van der Waals surface area contributed by atoms with Gasteiger partial charge in [-0.25, -0.2) is 9.97 Å². The number of aromatic nitrogens is 3. The van der Waals surface area contributed by atoms with Crippen molar-refractivity contribution in [2.24, 2.45) is 5.16 Å². The van der Waals surface area contributed by atoms with Crippen LogP contribution in [0.2, 0.25) is 5.02 Å². The molecule has 10 nitrogen and oxygen atoms in total. The maximum absolute atomic E-state index is 10.6. The van der Waals surface area contributed by atoms with E-state index in [2.05, 4.69) is 21.2 Å². The molecule has 2 aliphatic heterocycles. The number of nitrogens with zero attached hydrogens (tertiary/aromatic N) is 7. The average molecular weight is 536 g/mol. The lowest BCUT2D eigenvalue weighted by atomic mass is 9.97. The number of thiazole rings is 1. The molecule has 3 aromatic rings. The van der Waals surface area contributed by atoms with Crippen LogP contribution in [0.15, 0.2) is 41.0 Å². The summed E-state index contributed by atoms with van der Waals surface area (Å²) in [5.41, 5.74) is 2.87. The number of hydrogen-bond acceptors (Lipinski definition) is 11. The standard InChI is InChI=1S/C25H22ClN7O3S/c26-18-3-1-2-16(11-27)23(18)21-10-19(32-36-21)20-14-37-24(31-20)15-5-8-33(9-6-15)22(34)13-35-25-29-7-4-17(12-28)30-25/h1-4,7,14-15,21-22,34H,5-6,8-10,13H2. The van der Waals surface area contributed by atoms with Crippen LogP contribution in [-0.2, 0) is 4.84 Å². The normalized spacial score (nSPS) is 18.9. The Morgan fingerprint density at radius 2 is 2.05 bits per heavy atom. The lowest BCUT2D eigenvalue weighted by Gasteiger charge is -2.34. The number of aliphatic hydroxyl groups excluding tert-OH is 1. The lowest BCUT2D eigenvalue weighted by Crippen LogP contribution is -2.44. The number of hydrogen-bond donors (Lipinski definition) is 1. The molecule has 0 saturated carbocycles. The molecule has 1 fully saturated rings. The molecule has 0 bridgehead atoms. The predicted octanol–water partition coefficient (Wildman–Crippen LogP) is 3.77. The maximum Gasteiger partial charge on any atom is 0.317 e. The highest BCUT2D eigenvalue weighted by Gasteiger charge is 2.31. The van der Waals surface area contributed by atoms with E-state index < -0.39 is 12.3 Å². The van der Waals surface area contributed by atoms with E-state index >= 15 is 0 Å². The Morgan fingerprint density at radius 3 is 2.84 bits per heavy atom. The first-order valence-corrected chi connectivity index (χ1v) is 13.0. The second-order valence-electron chi connectivity index (χ2n) is 8.66. The van der Waals surface area contributed by atoms with Crippen molar-refractivity contribution in [1.82, 2.24) is 19.9 Å². The van der Waals surface area contributed by atoms with Crippen LogP contribution < -0.4 is 4.74 Å². The molecule has 4 heterocycles. The molecule has 37 heavy (non-hydrogen) atoms. The zero-order valence-corrected chi connectivity index (χ0v) is 21.2. The molecule has 0 aliphatic carbocycles. The summed E-state index contributed by atoms with van der Waals surface area (Å²) in [5, 5.41) is 36.7. The van der Waals surface area contributed by atoms with Crippen LogP contribution in [-0.4, -0.2) is 56.6 Å². The molecular weight excluding hydrogens is 514 g/mol. The lowest BCUT2D eigenvalue weighted by molar-refractivity contribution is -0.0408. The first-order valence-electron chi connectivity index (χ1n) is 11.7. The van der Waals surface area contributed by atoms with Gasteiger partial charge in [-0.15, -0.1) is 11.3 Å². The SMILES string of the molecule is N#Cc1ccnc(OCC(O)N2CCC(c3nc(C4=NOC(c5c(Cl)cccc5C#N)C4)cs3)CC2)n1. The van der Waals surface area contributed by atoms with Gasteiger partial charge in [-0.3, -0.25) is 4.90 Å². The van der Waals surface area contributed by atoms with E-state index in [0.717, 1.165) is 29.3 Å². The van der Waals surface area contributed by atoms with Crippen LogP contribution in [0.5, 0.6) is 6.01 Å². The molecule has 5 rings (SSSR count). The van der Waals surface area contributed by atoms with Crippen molar-refractivity contribution in [2.45, 2.75) is 37.5 Å². The van der Waals surface area contributed by atoms with Crippen LogP contribution in [0.1, 0.15) is 58.8 Å². The van der Waals surface area contributed by atoms with Crippen molar-refractivity contribution < 1.29 is 14.7 Å². The van der Waals surface area contributed by atoms with Crippen LogP contribution in [0.3, 0.4) is 0 Å². The van der Waals surface area contributed by atoms with E-state index in [1.54, 1.807) is 29.5 Å². The van der Waals surface area contributed by atoms with Gasteiger partial charge in [0.05, 0.1) is 22.3 Å². The summed E-state index contributed by atoms with van der Waals surface area (Å²) in [6, 6.07) is 10.9. The van der Waals surface area contributed by atoms with E-state index in [1.165, 1.54) is 12.3 Å². The van der Waals surface area contributed by atoms with Crippen molar-refractivity contribution in [3.8, 4) is 18.1 Å². The van der Waals surface area contributed by atoms with Crippen molar-refractivity contribution >= 4 is 28.6 Å².